The van der Waals surface area contributed by atoms with Crippen molar-refractivity contribution in [1.29, 1.82) is 0 Å². The number of hydrogen-bond donors (Lipinski definition) is 2. The van der Waals surface area contributed by atoms with Crippen LogP contribution in [-0.4, -0.2) is 30.3 Å². The fraction of sp³-hybridized carbons (Fsp3) is 0.391. The minimum atomic E-state index is -0.314. The molecule has 6 heteroatoms. The first kappa shape index (κ1) is 22.7. The zero-order valence-corrected chi connectivity index (χ0v) is 18.4. The molecule has 156 valence electrons. The van der Waals surface area contributed by atoms with E-state index in [0.717, 1.165) is 36.4 Å². The number of benzene rings is 2. The Labute approximate surface area is 178 Å². The van der Waals surface area contributed by atoms with Gasteiger partial charge in [-0.3, -0.25) is 0 Å². The van der Waals surface area contributed by atoms with Crippen LogP contribution in [0.5, 0.6) is 5.75 Å². The lowest BCUT2D eigenvalue weighted by Crippen LogP contribution is -2.29. The zero-order chi connectivity index (χ0) is 21.2. The molecule has 0 bridgehead atoms. The molecule has 0 amide bonds. The number of thiocarbonyl (C=S) groups is 1. The molecular weight excluding hydrogens is 384 g/mol. The molecule has 0 spiro atoms. The van der Waals surface area contributed by atoms with E-state index in [-0.39, 0.29) is 12.1 Å². The first-order valence-corrected chi connectivity index (χ1v) is 10.4. The minimum absolute atomic E-state index is 0.171. The summed E-state index contributed by atoms with van der Waals surface area (Å²) in [5.41, 5.74) is 3.59. The smallest absolute Gasteiger partial charge is 0.338 e. The maximum atomic E-state index is 11.8. The van der Waals surface area contributed by atoms with Crippen molar-refractivity contribution >= 4 is 29.0 Å². The standard InChI is InChI=1S/C23H30N2O3S/c1-5-27-22(26)19-11-12-21(17(4)14-19)25-23(29)24-13-7-9-18-8-6-10-20(15-18)28-16(2)3/h6,8,10-12,14-16H,5,7,9,13H2,1-4H3,(H2,24,25,29). The Morgan fingerprint density at radius 2 is 1.97 bits per heavy atom. The molecule has 0 fully saturated rings. The monoisotopic (exact) mass is 414 g/mol. The van der Waals surface area contributed by atoms with Crippen molar-refractivity contribution in [3.63, 3.8) is 0 Å². The second-order valence-corrected chi connectivity index (χ2v) is 7.46. The normalized spacial score (nSPS) is 10.5. The minimum Gasteiger partial charge on any atom is -0.491 e. The van der Waals surface area contributed by atoms with Gasteiger partial charge in [0.25, 0.3) is 0 Å². The molecular formula is C23H30N2O3S. The van der Waals surface area contributed by atoms with Crippen LogP contribution in [-0.2, 0) is 11.2 Å². The van der Waals surface area contributed by atoms with Crippen molar-refractivity contribution in [1.82, 2.24) is 5.32 Å². The van der Waals surface area contributed by atoms with E-state index in [2.05, 4.69) is 22.8 Å². The summed E-state index contributed by atoms with van der Waals surface area (Å²) >= 11 is 5.39. The predicted octanol–water partition coefficient (Wildman–Crippen LogP) is 4.88. The van der Waals surface area contributed by atoms with Crippen LogP contribution < -0.4 is 15.4 Å². The number of rotatable bonds is 9. The van der Waals surface area contributed by atoms with Crippen LogP contribution in [0.25, 0.3) is 0 Å². The van der Waals surface area contributed by atoms with E-state index in [4.69, 9.17) is 21.7 Å². The summed E-state index contributed by atoms with van der Waals surface area (Å²) in [7, 11) is 0. The summed E-state index contributed by atoms with van der Waals surface area (Å²) in [6.45, 7) is 8.90. The SMILES string of the molecule is CCOC(=O)c1ccc(NC(=S)NCCCc2cccc(OC(C)C)c2)c(C)c1. The third kappa shape index (κ3) is 7.74. The molecule has 0 saturated carbocycles. The molecule has 0 radical (unpaired) electrons. The van der Waals surface area contributed by atoms with Crippen LogP contribution in [0.3, 0.4) is 0 Å². The third-order valence-corrected chi connectivity index (χ3v) is 4.43. The average Bonchev–Trinajstić information content (AvgIpc) is 2.67. The molecule has 0 heterocycles. The van der Waals surface area contributed by atoms with Crippen molar-refractivity contribution in [2.75, 3.05) is 18.5 Å². The van der Waals surface area contributed by atoms with Gasteiger partial charge in [-0.25, -0.2) is 4.79 Å². The van der Waals surface area contributed by atoms with E-state index >= 15 is 0 Å². The molecule has 2 aromatic carbocycles. The highest BCUT2D eigenvalue weighted by Gasteiger charge is 2.09. The van der Waals surface area contributed by atoms with Crippen molar-refractivity contribution in [3.8, 4) is 5.75 Å². The van der Waals surface area contributed by atoms with Crippen LogP contribution in [0.1, 0.15) is 48.7 Å². The Balaban J connectivity index is 1.78. The summed E-state index contributed by atoms with van der Waals surface area (Å²) in [5.74, 6) is 0.593. The van der Waals surface area contributed by atoms with Gasteiger partial charge < -0.3 is 20.1 Å². The lowest BCUT2D eigenvalue weighted by molar-refractivity contribution is 0.0526. The highest BCUT2D eigenvalue weighted by Crippen LogP contribution is 2.18. The second kappa shape index (κ2) is 11.4. The number of carbonyl (C=O) groups is 1. The van der Waals surface area contributed by atoms with Gasteiger partial charge in [0.05, 0.1) is 18.3 Å². The molecule has 2 rings (SSSR count). The van der Waals surface area contributed by atoms with E-state index in [1.807, 2.05) is 39.0 Å². The Morgan fingerprint density at radius 3 is 2.66 bits per heavy atom. The largest absolute Gasteiger partial charge is 0.491 e. The molecule has 2 aromatic rings. The summed E-state index contributed by atoms with van der Waals surface area (Å²) in [4.78, 5) is 11.8. The Kier molecular flexibility index (Phi) is 8.93. The molecule has 0 saturated heterocycles. The second-order valence-electron chi connectivity index (χ2n) is 7.05. The number of anilines is 1. The molecule has 0 unspecified atom stereocenters. The van der Waals surface area contributed by atoms with Gasteiger partial charge in [0.15, 0.2) is 5.11 Å². The number of esters is 1. The highest BCUT2D eigenvalue weighted by atomic mass is 32.1. The van der Waals surface area contributed by atoms with E-state index < -0.39 is 0 Å². The van der Waals surface area contributed by atoms with E-state index in [0.29, 0.717) is 17.3 Å². The maximum Gasteiger partial charge on any atom is 0.338 e. The molecule has 0 aliphatic heterocycles. The number of aryl methyl sites for hydroxylation is 2. The van der Waals surface area contributed by atoms with E-state index in [9.17, 15) is 4.79 Å². The number of hydrogen-bond acceptors (Lipinski definition) is 4. The maximum absolute atomic E-state index is 11.8. The van der Waals surface area contributed by atoms with Crippen LogP contribution >= 0.6 is 12.2 Å². The van der Waals surface area contributed by atoms with Crippen molar-refractivity contribution in [3.05, 3.63) is 59.2 Å². The van der Waals surface area contributed by atoms with Crippen molar-refractivity contribution < 1.29 is 14.3 Å². The van der Waals surface area contributed by atoms with Gasteiger partial charge in [-0.05, 0) is 94.2 Å². The Hall–Kier alpha value is -2.60. The number of carbonyl (C=O) groups excluding carboxylic acids is 1. The van der Waals surface area contributed by atoms with Crippen LogP contribution in [0.15, 0.2) is 42.5 Å². The lowest BCUT2D eigenvalue weighted by atomic mass is 10.1. The topological polar surface area (TPSA) is 59.6 Å². The van der Waals surface area contributed by atoms with Crippen molar-refractivity contribution in [2.24, 2.45) is 0 Å². The lowest BCUT2D eigenvalue weighted by Gasteiger charge is -2.14. The fourth-order valence-corrected chi connectivity index (χ4v) is 3.06. The average molecular weight is 415 g/mol. The van der Waals surface area contributed by atoms with Gasteiger partial charge in [-0.1, -0.05) is 12.1 Å². The Morgan fingerprint density at radius 1 is 1.17 bits per heavy atom. The zero-order valence-electron chi connectivity index (χ0n) is 17.6. The van der Waals surface area contributed by atoms with Gasteiger partial charge in [0, 0.05) is 12.2 Å². The molecule has 0 aliphatic carbocycles. The van der Waals surface area contributed by atoms with Crippen molar-refractivity contribution in [2.45, 2.75) is 46.6 Å². The number of nitrogens with one attached hydrogen (secondary N) is 2. The molecule has 29 heavy (non-hydrogen) atoms. The molecule has 0 atom stereocenters. The van der Waals surface area contributed by atoms with Gasteiger partial charge >= 0.3 is 5.97 Å². The van der Waals surface area contributed by atoms with Crippen LogP contribution in [0.4, 0.5) is 5.69 Å². The first-order valence-electron chi connectivity index (χ1n) is 9.97. The molecule has 0 aromatic heterocycles. The van der Waals surface area contributed by atoms with Gasteiger partial charge in [-0.2, -0.15) is 0 Å². The Bertz CT molecular complexity index is 837. The van der Waals surface area contributed by atoms with E-state index in [1.54, 1.807) is 19.1 Å². The molecule has 2 N–H and O–H groups in total. The summed E-state index contributed by atoms with van der Waals surface area (Å²) in [6.07, 6.45) is 2.07. The van der Waals surface area contributed by atoms with Gasteiger partial charge in [0.1, 0.15) is 5.75 Å². The quantitative estimate of drug-likeness (QED) is 0.347. The first-order chi connectivity index (χ1) is 13.9. The predicted molar refractivity (Wildman–Crippen MR) is 122 cm³/mol. The molecule has 0 aliphatic rings. The highest BCUT2D eigenvalue weighted by molar-refractivity contribution is 7.80. The molecule has 5 nitrogen and oxygen atoms in total. The summed E-state index contributed by atoms with van der Waals surface area (Å²) in [6, 6.07) is 13.6. The van der Waals surface area contributed by atoms with E-state index in [1.165, 1.54) is 5.56 Å². The fourth-order valence-electron chi connectivity index (χ4n) is 2.85. The summed E-state index contributed by atoms with van der Waals surface area (Å²) < 4.78 is 10.8. The van der Waals surface area contributed by atoms with Gasteiger partial charge in [0.2, 0.25) is 0 Å². The van der Waals surface area contributed by atoms with Gasteiger partial charge in [-0.15, -0.1) is 0 Å². The summed E-state index contributed by atoms with van der Waals surface area (Å²) in [5, 5.41) is 6.98. The number of ether oxygens (including phenoxy) is 2. The van der Waals surface area contributed by atoms with Crippen LogP contribution in [0.2, 0.25) is 0 Å². The van der Waals surface area contributed by atoms with Crippen LogP contribution in [0, 0.1) is 6.92 Å². The third-order valence-electron chi connectivity index (χ3n) is 4.18.